The largest absolute Gasteiger partial charge is 0.377 e. The van der Waals surface area contributed by atoms with Gasteiger partial charge in [0.2, 0.25) is 0 Å². The van der Waals surface area contributed by atoms with Crippen molar-refractivity contribution in [3.63, 3.8) is 0 Å². The summed E-state index contributed by atoms with van der Waals surface area (Å²) < 4.78 is 5.79. The summed E-state index contributed by atoms with van der Waals surface area (Å²) in [4.78, 5) is 0. The van der Waals surface area contributed by atoms with Crippen LogP contribution in [0.2, 0.25) is 0 Å². The number of rotatable bonds is 6. The molecule has 2 heteroatoms. The molecule has 0 saturated heterocycles. The van der Waals surface area contributed by atoms with Crippen LogP contribution in [0.4, 0.5) is 0 Å². The Kier molecular flexibility index (Phi) is 5.79. The summed E-state index contributed by atoms with van der Waals surface area (Å²) >= 11 is 0. The molecule has 1 rings (SSSR count). The van der Waals surface area contributed by atoms with Crippen molar-refractivity contribution in [2.75, 3.05) is 13.7 Å². The van der Waals surface area contributed by atoms with Crippen LogP contribution in [0.5, 0.6) is 0 Å². The molecule has 0 amide bonds. The number of hydrogen-bond donors (Lipinski definition) is 1. The van der Waals surface area contributed by atoms with E-state index in [0.717, 1.165) is 13.0 Å². The molecule has 1 N–H and O–H groups in total. The van der Waals surface area contributed by atoms with E-state index in [1.807, 2.05) is 0 Å². The Bertz CT molecular complexity index is 398. The lowest BCUT2D eigenvalue weighted by atomic mass is 9.83. The van der Waals surface area contributed by atoms with Crippen molar-refractivity contribution in [1.82, 2.24) is 5.32 Å². The first-order valence-corrected chi connectivity index (χ1v) is 7.67. The van der Waals surface area contributed by atoms with Gasteiger partial charge in [-0.1, -0.05) is 58.9 Å². The Balaban J connectivity index is 3.10. The Hall–Kier alpha value is -0.860. The van der Waals surface area contributed by atoms with E-state index in [1.54, 1.807) is 7.11 Å². The van der Waals surface area contributed by atoms with Crippen LogP contribution < -0.4 is 5.32 Å². The molecule has 20 heavy (non-hydrogen) atoms. The SMILES string of the molecule is CCNC(c1ccc(C(C)(C)C)cc1)C(C)(CC)OC. The lowest BCUT2D eigenvalue weighted by Gasteiger charge is -2.37. The van der Waals surface area contributed by atoms with Crippen molar-refractivity contribution >= 4 is 0 Å². The maximum Gasteiger partial charge on any atom is 0.0841 e. The molecule has 0 aliphatic rings. The summed E-state index contributed by atoms with van der Waals surface area (Å²) in [7, 11) is 1.80. The van der Waals surface area contributed by atoms with E-state index in [2.05, 4.69) is 71.1 Å². The zero-order valence-corrected chi connectivity index (χ0v) is 14.2. The maximum absolute atomic E-state index is 5.79. The van der Waals surface area contributed by atoms with E-state index in [9.17, 15) is 0 Å². The van der Waals surface area contributed by atoms with Gasteiger partial charge in [0.05, 0.1) is 11.6 Å². The van der Waals surface area contributed by atoms with Crippen LogP contribution in [0.25, 0.3) is 0 Å². The number of ether oxygens (including phenoxy) is 1. The second kappa shape index (κ2) is 6.73. The number of benzene rings is 1. The Morgan fingerprint density at radius 2 is 1.60 bits per heavy atom. The first-order chi connectivity index (χ1) is 9.28. The summed E-state index contributed by atoms with van der Waals surface area (Å²) in [5, 5.41) is 3.57. The summed E-state index contributed by atoms with van der Waals surface area (Å²) in [6.45, 7) is 14.2. The molecule has 0 fully saturated rings. The van der Waals surface area contributed by atoms with E-state index < -0.39 is 0 Å². The molecule has 0 radical (unpaired) electrons. The highest BCUT2D eigenvalue weighted by molar-refractivity contribution is 5.30. The molecule has 1 aromatic carbocycles. The quantitative estimate of drug-likeness (QED) is 0.829. The lowest BCUT2D eigenvalue weighted by molar-refractivity contribution is -0.0296. The molecule has 0 aliphatic heterocycles. The molecule has 0 aliphatic carbocycles. The second-order valence-electron chi connectivity index (χ2n) is 6.73. The fourth-order valence-corrected chi connectivity index (χ4v) is 2.53. The average Bonchev–Trinajstić information content (AvgIpc) is 2.43. The van der Waals surface area contributed by atoms with E-state index in [1.165, 1.54) is 11.1 Å². The summed E-state index contributed by atoms with van der Waals surface area (Å²) in [5.41, 5.74) is 2.68. The van der Waals surface area contributed by atoms with E-state index in [4.69, 9.17) is 4.74 Å². The van der Waals surface area contributed by atoms with Crippen LogP contribution >= 0.6 is 0 Å². The minimum atomic E-state index is -0.181. The average molecular weight is 277 g/mol. The van der Waals surface area contributed by atoms with Crippen LogP contribution in [0.3, 0.4) is 0 Å². The van der Waals surface area contributed by atoms with Gasteiger partial charge in [-0.05, 0) is 36.4 Å². The number of hydrogen-bond acceptors (Lipinski definition) is 2. The zero-order valence-electron chi connectivity index (χ0n) is 14.2. The van der Waals surface area contributed by atoms with Gasteiger partial charge in [0, 0.05) is 7.11 Å². The molecular weight excluding hydrogens is 246 g/mol. The second-order valence-corrected chi connectivity index (χ2v) is 6.73. The van der Waals surface area contributed by atoms with Gasteiger partial charge in [0.25, 0.3) is 0 Å². The number of nitrogens with one attached hydrogen (secondary N) is 1. The van der Waals surface area contributed by atoms with Crippen molar-refractivity contribution in [1.29, 1.82) is 0 Å². The highest BCUT2D eigenvalue weighted by atomic mass is 16.5. The first kappa shape index (κ1) is 17.2. The highest BCUT2D eigenvalue weighted by Crippen LogP contribution is 2.33. The predicted octanol–water partition coefficient (Wildman–Crippen LogP) is 4.45. The molecule has 0 bridgehead atoms. The monoisotopic (exact) mass is 277 g/mol. The van der Waals surface area contributed by atoms with Crippen molar-refractivity contribution in [3.05, 3.63) is 35.4 Å². The summed E-state index contributed by atoms with van der Waals surface area (Å²) in [6, 6.07) is 9.18. The van der Waals surface area contributed by atoms with Gasteiger partial charge in [0.15, 0.2) is 0 Å². The molecule has 0 saturated carbocycles. The number of methoxy groups -OCH3 is 1. The van der Waals surface area contributed by atoms with Gasteiger partial charge in [0.1, 0.15) is 0 Å². The molecule has 114 valence electrons. The third kappa shape index (κ3) is 3.83. The van der Waals surface area contributed by atoms with Crippen LogP contribution in [0.1, 0.15) is 65.1 Å². The smallest absolute Gasteiger partial charge is 0.0841 e. The topological polar surface area (TPSA) is 21.3 Å². The van der Waals surface area contributed by atoms with Crippen molar-refractivity contribution in [3.8, 4) is 0 Å². The predicted molar refractivity (Wildman–Crippen MR) is 87.3 cm³/mol. The van der Waals surface area contributed by atoms with Crippen LogP contribution in [-0.4, -0.2) is 19.3 Å². The Labute approximate surface area is 124 Å². The molecular formula is C18H31NO. The molecule has 0 heterocycles. The lowest BCUT2D eigenvalue weighted by Crippen LogP contribution is -2.42. The fraction of sp³-hybridized carbons (Fsp3) is 0.667. The van der Waals surface area contributed by atoms with Gasteiger partial charge in [-0.2, -0.15) is 0 Å². The first-order valence-electron chi connectivity index (χ1n) is 7.67. The van der Waals surface area contributed by atoms with Crippen LogP contribution in [0, 0.1) is 0 Å². The maximum atomic E-state index is 5.79. The highest BCUT2D eigenvalue weighted by Gasteiger charge is 2.33. The zero-order chi connectivity index (χ0) is 15.4. The molecule has 2 nitrogen and oxygen atoms in total. The molecule has 1 aromatic rings. The van der Waals surface area contributed by atoms with Gasteiger partial charge >= 0.3 is 0 Å². The summed E-state index contributed by atoms with van der Waals surface area (Å²) in [6.07, 6.45) is 0.974. The third-order valence-electron chi connectivity index (χ3n) is 4.30. The van der Waals surface area contributed by atoms with E-state index >= 15 is 0 Å². The molecule has 0 aromatic heterocycles. The third-order valence-corrected chi connectivity index (χ3v) is 4.30. The summed E-state index contributed by atoms with van der Waals surface area (Å²) in [5.74, 6) is 0. The van der Waals surface area contributed by atoms with Crippen molar-refractivity contribution < 1.29 is 4.74 Å². The Morgan fingerprint density at radius 3 is 1.95 bits per heavy atom. The van der Waals surface area contributed by atoms with Crippen LogP contribution in [0.15, 0.2) is 24.3 Å². The minimum absolute atomic E-state index is 0.181. The molecule has 2 atom stereocenters. The van der Waals surface area contributed by atoms with E-state index in [-0.39, 0.29) is 17.1 Å². The fourth-order valence-electron chi connectivity index (χ4n) is 2.53. The Morgan fingerprint density at radius 1 is 1.05 bits per heavy atom. The van der Waals surface area contributed by atoms with E-state index in [0.29, 0.717) is 0 Å². The normalized spacial score (nSPS) is 16.8. The molecule has 0 spiro atoms. The number of likely N-dealkylation sites (N-methyl/N-ethyl adjacent to an activating group) is 1. The minimum Gasteiger partial charge on any atom is -0.377 e. The molecule has 2 unspecified atom stereocenters. The van der Waals surface area contributed by atoms with Gasteiger partial charge in [-0.15, -0.1) is 0 Å². The van der Waals surface area contributed by atoms with Crippen molar-refractivity contribution in [2.45, 2.75) is 65.0 Å². The van der Waals surface area contributed by atoms with Crippen LogP contribution in [-0.2, 0) is 10.2 Å². The van der Waals surface area contributed by atoms with Gasteiger partial charge in [-0.25, -0.2) is 0 Å². The van der Waals surface area contributed by atoms with Gasteiger partial charge in [-0.3, -0.25) is 0 Å². The van der Waals surface area contributed by atoms with Crippen molar-refractivity contribution in [2.24, 2.45) is 0 Å². The standard InChI is InChI=1S/C18H31NO/c1-8-18(6,20-7)16(19-9-2)14-10-12-15(13-11-14)17(3,4)5/h10-13,16,19H,8-9H2,1-7H3. The van der Waals surface area contributed by atoms with Gasteiger partial charge < -0.3 is 10.1 Å².